The van der Waals surface area contributed by atoms with E-state index in [1.807, 2.05) is 12.1 Å². The van der Waals surface area contributed by atoms with Gasteiger partial charge in [-0.25, -0.2) is 15.0 Å². The van der Waals surface area contributed by atoms with Crippen LogP contribution < -0.4 is 0 Å². The second kappa shape index (κ2) is 10.2. The molecule has 13 aromatic rings. The topological polar surface area (TPSA) is 61.8 Å². The van der Waals surface area contributed by atoms with Gasteiger partial charge < -0.3 is 4.57 Å². The summed E-state index contributed by atoms with van der Waals surface area (Å²) in [6, 6.07) is 56.0. The number of aromatic nitrogens is 8. The lowest BCUT2D eigenvalue weighted by Gasteiger charge is -2.10. The molecule has 0 aliphatic rings. The minimum atomic E-state index is 0.859. The molecule has 0 spiro atoms. The zero-order valence-electron chi connectivity index (χ0n) is 28.5. The summed E-state index contributed by atoms with van der Waals surface area (Å²) in [5.41, 5.74) is 14.8. The van der Waals surface area contributed by atoms with Gasteiger partial charge >= 0.3 is 0 Å². The Hall–Kier alpha value is -7.23. The van der Waals surface area contributed by atoms with Crippen LogP contribution in [0.2, 0.25) is 0 Å². The van der Waals surface area contributed by atoms with Crippen LogP contribution in [0, 0.1) is 0 Å². The predicted octanol–water partition coefficient (Wildman–Crippen LogP) is 10.9. The molecule has 8 nitrogen and oxygen atoms in total. The van der Waals surface area contributed by atoms with Crippen LogP contribution in [-0.4, -0.2) is 37.3 Å². The first kappa shape index (κ1) is 28.4. The fraction of sp³-hybridized carbons (Fsp3) is 0. The molecule has 7 aromatic carbocycles. The molecule has 0 radical (unpaired) electrons. The predicted molar refractivity (Wildman–Crippen MR) is 221 cm³/mol. The van der Waals surface area contributed by atoms with E-state index in [4.69, 9.17) is 15.0 Å². The van der Waals surface area contributed by atoms with Crippen LogP contribution in [0.3, 0.4) is 0 Å². The third-order valence-electron chi connectivity index (χ3n) is 11.0. The summed E-state index contributed by atoms with van der Waals surface area (Å²) in [5.74, 6) is 0.859. The van der Waals surface area contributed by atoms with Crippen molar-refractivity contribution in [3.63, 3.8) is 0 Å². The average molecular weight is 711 g/mol. The molecule has 0 unspecified atom stereocenters. The quantitative estimate of drug-likeness (QED) is 0.179. The lowest BCUT2D eigenvalue weighted by atomic mass is 10.2. The van der Waals surface area contributed by atoms with Gasteiger partial charge in [0.1, 0.15) is 0 Å². The standard InChI is InChI=1S/C45H26N8S/c1-6-16-34-29(11-1)30-12-2-7-17-35(30)49(34)27-21-23-39-41(25-27)51-36-18-8-3-13-31(36)46-43(51)50(39)28-22-24-40-42(26-28)53-38-20-10-5-15-33(38)48-45(53)54-44-47-32-14-4-9-19-37(32)52(40)44/h1-26H. The fourth-order valence-electron chi connectivity index (χ4n) is 8.69. The average Bonchev–Trinajstić information content (AvgIpc) is 4.00. The second-order valence-corrected chi connectivity index (χ2v) is 14.8. The third-order valence-corrected chi connectivity index (χ3v) is 11.9. The Kier molecular flexibility index (Phi) is 5.37. The van der Waals surface area contributed by atoms with Gasteiger partial charge in [-0.05, 0) is 84.9 Å². The highest BCUT2D eigenvalue weighted by Gasteiger charge is 2.21. The molecule has 0 saturated heterocycles. The van der Waals surface area contributed by atoms with Gasteiger partial charge in [0.2, 0.25) is 5.78 Å². The van der Waals surface area contributed by atoms with Crippen molar-refractivity contribution in [2.45, 2.75) is 0 Å². The van der Waals surface area contributed by atoms with E-state index < -0.39 is 0 Å². The summed E-state index contributed by atoms with van der Waals surface area (Å²) in [4.78, 5) is 17.3. The number of hydrogen-bond acceptors (Lipinski definition) is 4. The lowest BCUT2D eigenvalue weighted by molar-refractivity contribution is 1.11. The zero-order chi connectivity index (χ0) is 35.1. The number of nitrogens with zero attached hydrogens (tertiary/aromatic N) is 8. The highest BCUT2D eigenvalue weighted by Crippen LogP contribution is 2.37. The molecule has 6 heterocycles. The second-order valence-electron chi connectivity index (χ2n) is 13.8. The van der Waals surface area contributed by atoms with Crippen LogP contribution in [0.5, 0.6) is 0 Å². The Bertz CT molecular complexity index is 3700. The van der Waals surface area contributed by atoms with Gasteiger partial charge in [0.05, 0.1) is 71.9 Å². The largest absolute Gasteiger partial charge is 0.309 e. The molecule has 0 N–H and O–H groups in total. The van der Waals surface area contributed by atoms with E-state index in [1.54, 1.807) is 11.3 Å². The number of imidazole rings is 4. The third kappa shape index (κ3) is 3.63. The van der Waals surface area contributed by atoms with Gasteiger partial charge in [-0.3, -0.25) is 17.8 Å². The van der Waals surface area contributed by atoms with Crippen LogP contribution in [-0.2, 0) is 0 Å². The Balaban J connectivity index is 1.16. The molecule has 0 saturated carbocycles. The van der Waals surface area contributed by atoms with E-state index in [0.29, 0.717) is 0 Å². The lowest BCUT2D eigenvalue weighted by Crippen LogP contribution is -1.98. The van der Waals surface area contributed by atoms with Crippen molar-refractivity contribution in [3.8, 4) is 11.4 Å². The zero-order valence-corrected chi connectivity index (χ0v) is 29.3. The molecule has 0 atom stereocenters. The summed E-state index contributed by atoms with van der Waals surface area (Å²) >= 11 is 1.60. The molecule has 13 rings (SSSR count). The number of para-hydroxylation sites is 8. The minimum Gasteiger partial charge on any atom is -0.309 e. The highest BCUT2D eigenvalue weighted by atomic mass is 32.1. The fourth-order valence-corrected chi connectivity index (χ4v) is 9.72. The van der Waals surface area contributed by atoms with Crippen LogP contribution in [0.15, 0.2) is 158 Å². The smallest absolute Gasteiger partial charge is 0.220 e. The number of benzene rings is 7. The molecule has 0 amide bonds. The van der Waals surface area contributed by atoms with E-state index >= 15 is 0 Å². The SMILES string of the molecule is c1ccc2c(c1)nc1sc3nc4ccccc4n3c3cc(-n4c5ccc(-n6c7ccccc7c7ccccc76)cc5n5c6ccccc6nc45)ccc3n12. The molecule has 0 aliphatic heterocycles. The van der Waals surface area contributed by atoms with Crippen LogP contribution in [0.4, 0.5) is 0 Å². The van der Waals surface area contributed by atoms with Gasteiger partial charge in [-0.15, -0.1) is 0 Å². The van der Waals surface area contributed by atoms with Crippen molar-refractivity contribution in [1.29, 1.82) is 0 Å². The van der Waals surface area contributed by atoms with Gasteiger partial charge in [0.25, 0.3) is 0 Å². The number of rotatable bonds is 2. The molecule has 0 fully saturated rings. The van der Waals surface area contributed by atoms with Crippen molar-refractivity contribution in [2.75, 3.05) is 0 Å². The maximum absolute atomic E-state index is 5.29. The Labute approximate surface area is 309 Å². The van der Waals surface area contributed by atoms with E-state index in [2.05, 4.69) is 168 Å². The van der Waals surface area contributed by atoms with Crippen LogP contribution in [0.25, 0.3) is 104 Å². The Morgan fingerprint density at radius 3 is 1.39 bits per heavy atom. The van der Waals surface area contributed by atoms with Crippen LogP contribution >= 0.6 is 11.3 Å². The first-order valence-electron chi connectivity index (χ1n) is 18.0. The molecule has 0 aliphatic carbocycles. The van der Waals surface area contributed by atoms with Gasteiger partial charge in [-0.2, -0.15) is 0 Å². The molecule has 0 bridgehead atoms. The van der Waals surface area contributed by atoms with E-state index in [9.17, 15) is 0 Å². The summed E-state index contributed by atoms with van der Waals surface area (Å²) < 4.78 is 11.5. The maximum Gasteiger partial charge on any atom is 0.220 e. The number of fused-ring (bicyclic) bond motifs is 17. The summed E-state index contributed by atoms with van der Waals surface area (Å²) in [5, 5.41) is 2.49. The first-order chi connectivity index (χ1) is 26.8. The van der Waals surface area contributed by atoms with Crippen molar-refractivity contribution >= 4 is 104 Å². The van der Waals surface area contributed by atoms with E-state index in [-0.39, 0.29) is 0 Å². The first-order valence-corrected chi connectivity index (χ1v) is 18.8. The molecular weight excluding hydrogens is 685 g/mol. The summed E-state index contributed by atoms with van der Waals surface area (Å²) in [7, 11) is 0. The van der Waals surface area contributed by atoms with Crippen molar-refractivity contribution in [3.05, 3.63) is 158 Å². The van der Waals surface area contributed by atoms with Crippen molar-refractivity contribution in [1.82, 2.24) is 37.3 Å². The minimum absolute atomic E-state index is 0.859. The number of hydrogen-bond donors (Lipinski definition) is 0. The van der Waals surface area contributed by atoms with Gasteiger partial charge in [-0.1, -0.05) is 84.1 Å². The van der Waals surface area contributed by atoms with E-state index in [1.165, 1.54) is 21.8 Å². The molecule has 9 heteroatoms. The molecular formula is C45H26N8S. The highest BCUT2D eigenvalue weighted by molar-refractivity contribution is 7.21. The van der Waals surface area contributed by atoms with Gasteiger partial charge in [0.15, 0.2) is 9.92 Å². The molecule has 54 heavy (non-hydrogen) atoms. The summed E-state index contributed by atoms with van der Waals surface area (Å²) in [6.45, 7) is 0. The van der Waals surface area contributed by atoms with Crippen molar-refractivity contribution < 1.29 is 0 Å². The monoisotopic (exact) mass is 710 g/mol. The molecule has 6 aromatic heterocycles. The summed E-state index contributed by atoms with van der Waals surface area (Å²) in [6.07, 6.45) is 0. The maximum atomic E-state index is 5.29. The van der Waals surface area contributed by atoms with Gasteiger partial charge in [0, 0.05) is 16.5 Å². The Morgan fingerprint density at radius 1 is 0.333 bits per heavy atom. The molecule has 252 valence electrons. The Morgan fingerprint density at radius 2 is 0.778 bits per heavy atom. The van der Waals surface area contributed by atoms with Crippen LogP contribution in [0.1, 0.15) is 0 Å². The van der Waals surface area contributed by atoms with E-state index in [0.717, 1.165) is 82.2 Å². The van der Waals surface area contributed by atoms with Crippen molar-refractivity contribution in [2.24, 2.45) is 0 Å². The normalized spacial score (nSPS) is 12.4.